The molecule has 0 atom stereocenters. The second kappa shape index (κ2) is 11.7. The molecule has 3 heterocycles. The van der Waals surface area contributed by atoms with Crippen molar-refractivity contribution in [2.24, 2.45) is 0 Å². The number of amides is 1. The average Bonchev–Trinajstić information content (AvgIpc) is 3.15. The molecule has 1 saturated heterocycles. The Morgan fingerprint density at radius 2 is 1.94 bits per heavy atom. The summed E-state index contributed by atoms with van der Waals surface area (Å²) in [6, 6.07) is 11.4. The second-order valence-corrected chi connectivity index (χ2v) is 9.94. The number of thioether (sulfide) groups is 1. The molecule has 0 aliphatic carbocycles. The van der Waals surface area contributed by atoms with Crippen LogP contribution in [0, 0.1) is 6.92 Å². The number of carbonyl (C=O) groups excluding carboxylic acids is 1. The number of rotatable bonds is 10. The molecule has 188 valence electrons. The van der Waals surface area contributed by atoms with Crippen molar-refractivity contribution in [1.29, 1.82) is 0 Å². The quantitative estimate of drug-likeness (QED) is 0.243. The molecule has 0 radical (unpaired) electrons. The van der Waals surface area contributed by atoms with Crippen LogP contribution in [0.1, 0.15) is 23.1 Å². The molecule has 2 aromatic heterocycles. The Balaban J connectivity index is 1.61. The van der Waals surface area contributed by atoms with Gasteiger partial charge in [-0.05, 0) is 55.2 Å². The van der Waals surface area contributed by atoms with Gasteiger partial charge in [-0.15, -0.1) is 0 Å². The summed E-state index contributed by atoms with van der Waals surface area (Å²) >= 11 is 6.70. The van der Waals surface area contributed by atoms with Crippen molar-refractivity contribution in [1.82, 2.24) is 14.3 Å². The number of aryl methyl sites for hydroxylation is 1. The molecule has 1 fully saturated rings. The van der Waals surface area contributed by atoms with Crippen molar-refractivity contribution in [3.8, 4) is 5.75 Å². The molecule has 3 aromatic rings. The maximum Gasteiger partial charge on any atom is 0.267 e. The van der Waals surface area contributed by atoms with Crippen molar-refractivity contribution >= 4 is 51.7 Å². The molecule has 1 aliphatic rings. The van der Waals surface area contributed by atoms with Gasteiger partial charge in [0.2, 0.25) is 0 Å². The van der Waals surface area contributed by atoms with E-state index in [-0.39, 0.29) is 11.5 Å². The summed E-state index contributed by atoms with van der Waals surface area (Å²) in [6.07, 6.45) is 4.69. The fourth-order valence-corrected chi connectivity index (χ4v) is 5.15. The van der Waals surface area contributed by atoms with Gasteiger partial charge in [0.25, 0.3) is 11.5 Å². The van der Waals surface area contributed by atoms with Crippen LogP contribution in [0.5, 0.6) is 5.75 Å². The SMILES string of the molecule is COCCCNc1nc2c(C)cccn2c(=O)c1/C=C1\SC(=S)N(CCc2ccc(OC)cc2)C1=O. The first kappa shape index (κ1) is 25.9. The number of benzene rings is 1. The van der Waals surface area contributed by atoms with E-state index in [2.05, 4.69) is 5.32 Å². The molecule has 10 heteroatoms. The lowest BCUT2D eigenvalue weighted by molar-refractivity contribution is -0.122. The largest absolute Gasteiger partial charge is 0.497 e. The number of hydrogen-bond acceptors (Lipinski definition) is 8. The summed E-state index contributed by atoms with van der Waals surface area (Å²) in [7, 11) is 3.27. The summed E-state index contributed by atoms with van der Waals surface area (Å²) < 4.78 is 12.3. The zero-order valence-corrected chi connectivity index (χ0v) is 22.1. The Morgan fingerprint density at radius 3 is 2.67 bits per heavy atom. The van der Waals surface area contributed by atoms with Crippen molar-refractivity contribution in [2.75, 3.05) is 39.2 Å². The number of fused-ring (bicyclic) bond motifs is 1. The first-order valence-corrected chi connectivity index (χ1v) is 12.8. The Bertz CT molecular complexity index is 1370. The summed E-state index contributed by atoms with van der Waals surface area (Å²) in [5, 5.41) is 3.25. The fourth-order valence-electron chi connectivity index (χ4n) is 3.86. The van der Waals surface area contributed by atoms with Gasteiger partial charge >= 0.3 is 0 Å². The van der Waals surface area contributed by atoms with Crippen LogP contribution < -0.4 is 15.6 Å². The van der Waals surface area contributed by atoms with Crippen molar-refractivity contribution in [3.05, 3.63) is 74.5 Å². The predicted octanol–water partition coefficient (Wildman–Crippen LogP) is 3.90. The minimum Gasteiger partial charge on any atom is -0.497 e. The van der Waals surface area contributed by atoms with Crippen LogP contribution in [-0.4, -0.2) is 58.4 Å². The first-order chi connectivity index (χ1) is 17.4. The highest BCUT2D eigenvalue weighted by Gasteiger charge is 2.32. The van der Waals surface area contributed by atoms with Gasteiger partial charge in [-0.3, -0.25) is 18.9 Å². The summed E-state index contributed by atoms with van der Waals surface area (Å²) in [5.74, 6) is 1.01. The molecule has 4 rings (SSSR count). The number of ether oxygens (including phenoxy) is 2. The number of hydrogen-bond donors (Lipinski definition) is 1. The lowest BCUT2D eigenvalue weighted by Gasteiger charge is -2.14. The zero-order valence-electron chi connectivity index (χ0n) is 20.4. The number of pyridine rings is 1. The number of methoxy groups -OCH3 is 2. The normalized spacial score (nSPS) is 14.8. The van der Waals surface area contributed by atoms with E-state index in [4.69, 9.17) is 26.7 Å². The van der Waals surface area contributed by atoms with Gasteiger partial charge in [-0.25, -0.2) is 4.98 Å². The Labute approximate surface area is 219 Å². The summed E-state index contributed by atoms with van der Waals surface area (Å²) in [4.78, 5) is 33.4. The Hall–Kier alpha value is -3.21. The van der Waals surface area contributed by atoms with E-state index in [1.165, 1.54) is 16.2 Å². The molecule has 0 saturated carbocycles. The summed E-state index contributed by atoms with van der Waals surface area (Å²) in [5.41, 5.74) is 2.60. The minimum atomic E-state index is -0.249. The number of aromatic nitrogens is 2. The monoisotopic (exact) mass is 524 g/mol. The average molecular weight is 525 g/mol. The molecule has 0 unspecified atom stereocenters. The molecular weight excluding hydrogens is 496 g/mol. The van der Waals surface area contributed by atoms with Gasteiger partial charge in [-0.2, -0.15) is 0 Å². The topological polar surface area (TPSA) is 85.2 Å². The predicted molar refractivity (Wildman–Crippen MR) is 148 cm³/mol. The minimum absolute atomic E-state index is 0.211. The van der Waals surface area contributed by atoms with E-state index in [0.717, 1.165) is 23.3 Å². The number of thiocarbonyl (C=S) groups is 1. The molecule has 8 nitrogen and oxygen atoms in total. The molecule has 1 aromatic carbocycles. The standard InChI is InChI=1S/C26H28N4O4S2/c1-17-6-4-13-29-23(17)28-22(27-12-5-15-33-2)20(24(29)31)16-21-25(32)30(26(35)36-21)14-11-18-7-9-19(34-3)10-8-18/h4,6-10,13,16,27H,5,11-12,14-15H2,1-3H3/b21-16-. The van der Waals surface area contributed by atoms with E-state index in [1.54, 1.807) is 37.5 Å². The smallest absolute Gasteiger partial charge is 0.267 e. The van der Waals surface area contributed by atoms with Crippen molar-refractivity contribution in [2.45, 2.75) is 19.8 Å². The summed E-state index contributed by atoms with van der Waals surface area (Å²) in [6.45, 7) is 3.52. The molecular formula is C26H28N4O4S2. The van der Waals surface area contributed by atoms with Gasteiger partial charge in [0, 0.05) is 33.0 Å². The van der Waals surface area contributed by atoms with Crippen LogP contribution >= 0.6 is 24.0 Å². The van der Waals surface area contributed by atoms with Gasteiger partial charge in [0.05, 0.1) is 17.6 Å². The maximum atomic E-state index is 13.4. The van der Waals surface area contributed by atoms with E-state index in [1.807, 2.05) is 37.3 Å². The van der Waals surface area contributed by atoms with Gasteiger partial charge < -0.3 is 14.8 Å². The highest BCUT2D eigenvalue weighted by atomic mass is 32.2. The van der Waals surface area contributed by atoms with Crippen LogP contribution in [0.15, 0.2) is 52.3 Å². The van der Waals surface area contributed by atoms with Gasteiger partial charge in [0.1, 0.15) is 21.5 Å². The fraction of sp³-hybridized carbons (Fsp3) is 0.308. The highest BCUT2D eigenvalue weighted by molar-refractivity contribution is 8.26. The molecule has 0 spiro atoms. The maximum absolute atomic E-state index is 13.4. The van der Waals surface area contributed by atoms with Crippen LogP contribution in [0.4, 0.5) is 5.82 Å². The molecule has 1 N–H and O–H groups in total. The Morgan fingerprint density at radius 1 is 1.17 bits per heavy atom. The lowest BCUT2D eigenvalue weighted by Crippen LogP contribution is -2.30. The van der Waals surface area contributed by atoms with E-state index >= 15 is 0 Å². The molecule has 1 aliphatic heterocycles. The van der Waals surface area contributed by atoms with Gasteiger partial charge in [0.15, 0.2) is 0 Å². The van der Waals surface area contributed by atoms with Crippen LogP contribution in [0.2, 0.25) is 0 Å². The lowest BCUT2D eigenvalue weighted by atomic mass is 10.1. The second-order valence-electron chi connectivity index (χ2n) is 8.27. The van der Waals surface area contributed by atoms with Crippen LogP contribution in [0.3, 0.4) is 0 Å². The van der Waals surface area contributed by atoms with E-state index < -0.39 is 0 Å². The number of anilines is 1. The third-order valence-electron chi connectivity index (χ3n) is 5.83. The third-order valence-corrected chi connectivity index (χ3v) is 7.21. The number of carbonyl (C=O) groups is 1. The van der Waals surface area contributed by atoms with Crippen molar-refractivity contribution in [3.63, 3.8) is 0 Å². The molecule has 36 heavy (non-hydrogen) atoms. The van der Waals surface area contributed by atoms with Crippen LogP contribution in [-0.2, 0) is 16.0 Å². The Kier molecular flexibility index (Phi) is 8.40. The van der Waals surface area contributed by atoms with E-state index in [9.17, 15) is 9.59 Å². The van der Waals surface area contributed by atoms with Crippen LogP contribution in [0.25, 0.3) is 11.7 Å². The van der Waals surface area contributed by atoms with Crippen molar-refractivity contribution < 1.29 is 14.3 Å². The number of nitrogens with zero attached hydrogens (tertiary/aromatic N) is 3. The molecule has 0 bridgehead atoms. The molecule has 1 amide bonds. The van der Waals surface area contributed by atoms with E-state index in [0.29, 0.717) is 52.4 Å². The number of nitrogens with one attached hydrogen (secondary N) is 1. The highest BCUT2D eigenvalue weighted by Crippen LogP contribution is 2.33. The zero-order chi connectivity index (χ0) is 25.7. The third kappa shape index (κ3) is 5.61. The first-order valence-electron chi connectivity index (χ1n) is 11.6. The van der Waals surface area contributed by atoms with Gasteiger partial charge in [-0.1, -0.05) is 42.2 Å².